The molecule has 0 amide bonds. The fraction of sp³-hybridized carbons (Fsp3) is 1.00. The van der Waals surface area contributed by atoms with Crippen LogP contribution in [0.15, 0.2) is 0 Å². The van der Waals surface area contributed by atoms with Crippen LogP contribution in [-0.4, -0.2) is 61.5 Å². The van der Waals surface area contributed by atoms with E-state index in [9.17, 15) is 0 Å². The molecule has 0 aromatic carbocycles. The van der Waals surface area contributed by atoms with Crippen molar-refractivity contribution in [2.75, 3.05) is 39.5 Å². The molecule has 1 rings (SSSR count). The van der Waals surface area contributed by atoms with Gasteiger partial charge < -0.3 is 15.2 Å². The average molecular weight is 244 g/mol. The fourth-order valence-electron chi connectivity index (χ4n) is 2.50. The van der Waals surface area contributed by atoms with Crippen molar-refractivity contribution in [2.45, 2.75) is 39.3 Å². The van der Waals surface area contributed by atoms with Crippen molar-refractivity contribution < 1.29 is 9.84 Å². The summed E-state index contributed by atoms with van der Waals surface area (Å²) in [4.78, 5) is 2.34. The van der Waals surface area contributed by atoms with E-state index in [0.717, 1.165) is 39.3 Å². The highest BCUT2D eigenvalue weighted by Crippen LogP contribution is 2.17. The molecule has 0 bridgehead atoms. The summed E-state index contributed by atoms with van der Waals surface area (Å²) in [5.41, 5.74) is 0. The van der Waals surface area contributed by atoms with E-state index in [2.05, 4.69) is 31.0 Å². The van der Waals surface area contributed by atoms with Crippen LogP contribution < -0.4 is 5.32 Å². The minimum Gasteiger partial charge on any atom is -0.395 e. The van der Waals surface area contributed by atoms with E-state index in [-0.39, 0.29) is 6.61 Å². The maximum atomic E-state index is 9.10. The summed E-state index contributed by atoms with van der Waals surface area (Å²) in [5.74, 6) is 0.539. The van der Waals surface area contributed by atoms with Gasteiger partial charge in [0.1, 0.15) is 0 Å². The number of hydrogen-bond acceptors (Lipinski definition) is 4. The van der Waals surface area contributed by atoms with Gasteiger partial charge in [0.2, 0.25) is 0 Å². The highest BCUT2D eigenvalue weighted by Gasteiger charge is 2.27. The van der Waals surface area contributed by atoms with Crippen LogP contribution in [0.1, 0.15) is 27.2 Å². The molecule has 4 heteroatoms. The summed E-state index contributed by atoms with van der Waals surface area (Å²) < 4.78 is 5.59. The number of aliphatic hydroxyl groups is 1. The molecule has 1 saturated heterocycles. The molecule has 0 spiro atoms. The van der Waals surface area contributed by atoms with Crippen molar-refractivity contribution in [1.29, 1.82) is 0 Å². The first-order valence-electron chi connectivity index (χ1n) is 6.85. The lowest BCUT2D eigenvalue weighted by Gasteiger charge is -2.37. The standard InChI is InChI=1S/C13H28N2O2/c1-4-14-13-5-8-17-10-12(13)9-15(6-7-16)11(2)3/h11-14,16H,4-10H2,1-3H3. The largest absolute Gasteiger partial charge is 0.395 e. The Balaban J connectivity index is 2.49. The monoisotopic (exact) mass is 244 g/mol. The second-order valence-electron chi connectivity index (χ2n) is 5.10. The Bertz CT molecular complexity index is 198. The van der Waals surface area contributed by atoms with Gasteiger partial charge in [-0.15, -0.1) is 0 Å². The smallest absolute Gasteiger partial charge is 0.0558 e. The number of rotatable bonds is 7. The van der Waals surface area contributed by atoms with Crippen LogP contribution in [-0.2, 0) is 4.74 Å². The van der Waals surface area contributed by atoms with Gasteiger partial charge in [-0.05, 0) is 26.8 Å². The Morgan fingerprint density at radius 2 is 2.24 bits per heavy atom. The molecule has 4 nitrogen and oxygen atoms in total. The number of ether oxygens (including phenoxy) is 1. The maximum Gasteiger partial charge on any atom is 0.0558 e. The van der Waals surface area contributed by atoms with Crippen molar-refractivity contribution >= 4 is 0 Å². The van der Waals surface area contributed by atoms with Gasteiger partial charge in [-0.25, -0.2) is 0 Å². The van der Waals surface area contributed by atoms with Gasteiger partial charge in [0, 0.05) is 37.7 Å². The fourth-order valence-corrected chi connectivity index (χ4v) is 2.50. The molecule has 17 heavy (non-hydrogen) atoms. The number of aliphatic hydroxyl groups excluding tert-OH is 1. The molecular formula is C13H28N2O2. The van der Waals surface area contributed by atoms with Crippen LogP contribution in [0.2, 0.25) is 0 Å². The van der Waals surface area contributed by atoms with Gasteiger partial charge in [0.25, 0.3) is 0 Å². The average Bonchev–Trinajstić information content (AvgIpc) is 2.31. The zero-order chi connectivity index (χ0) is 12.7. The third kappa shape index (κ3) is 4.92. The van der Waals surface area contributed by atoms with Crippen LogP contribution >= 0.6 is 0 Å². The SMILES string of the molecule is CCNC1CCOCC1CN(CCO)C(C)C. The molecular weight excluding hydrogens is 216 g/mol. The quantitative estimate of drug-likeness (QED) is 0.692. The van der Waals surface area contributed by atoms with E-state index in [1.54, 1.807) is 0 Å². The van der Waals surface area contributed by atoms with Crippen molar-refractivity contribution in [2.24, 2.45) is 5.92 Å². The second-order valence-corrected chi connectivity index (χ2v) is 5.10. The zero-order valence-corrected chi connectivity index (χ0v) is 11.5. The number of nitrogens with one attached hydrogen (secondary N) is 1. The van der Waals surface area contributed by atoms with Crippen LogP contribution in [0.4, 0.5) is 0 Å². The van der Waals surface area contributed by atoms with Crippen LogP contribution in [0, 0.1) is 5.92 Å². The molecule has 1 heterocycles. The molecule has 2 N–H and O–H groups in total. The second kappa shape index (κ2) is 8.03. The summed E-state index contributed by atoms with van der Waals surface area (Å²) in [6.07, 6.45) is 1.10. The van der Waals surface area contributed by atoms with Gasteiger partial charge in [-0.2, -0.15) is 0 Å². The lowest BCUT2D eigenvalue weighted by molar-refractivity contribution is 0.00996. The van der Waals surface area contributed by atoms with Crippen molar-refractivity contribution in [3.8, 4) is 0 Å². The Morgan fingerprint density at radius 1 is 1.47 bits per heavy atom. The van der Waals surface area contributed by atoms with E-state index in [4.69, 9.17) is 9.84 Å². The molecule has 0 saturated carbocycles. The van der Waals surface area contributed by atoms with Gasteiger partial charge in [-0.3, -0.25) is 4.90 Å². The first-order valence-corrected chi connectivity index (χ1v) is 6.85. The van der Waals surface area contributed by atoms with Gasteiger partial charge in [-0.1, -0.05) is 6.92 Å². The minimum atomic E-state index is 0.234. The van der Waals surface area contributed by atoms with Gasteiger partial charge in [0.05, 0.1) is 13.2 Å². The van der Waals surface area contributed by atoms with E-state index < -0.39 is 0 Å². The predicted octanol–water partition coefficient (Wildman–Crippen LogP) is 0.704. The van der Waals surface area contributed by atoms with Gasteiger partial charge >= 0.3 is 0 Å². The predicted molar refractivity (Wildman–Crippen MR) is 70.2 cm³/mol. The molecule has 0 aliphatic carbocycles. The Morgan fingerprint density at radius 3 is 2.82 bits per heavy atom. The summed E-state index contributed by atoms with van der Waals surface area (Å²) >= 11 is 0. The highest BCUT2D eigenvalue weighted by atomic mass is 16.5. The molecule has 102 valence electrons. The molecule has 0 aromatic heterocycles. The molecule has 1 aliphatic heterocycles. The lowest BCUT2D eigenvalue weighted by Crippen LogP contribution is -2.49. The van der Waals surface area contributed by atoms with E-state index >= 15 is 0 Å². The summed E-state index contributed by atoms with van der Waals surface area (Å²) in [7, 11) is 0. The normalized spacial score (nSPS) is 25.8. The van der Waals surface area contributed by atoms with E-state index in [1.165, 1.54) is 0 Å². The lowest BCUT2D eigenvalue weighted by atomic mass is 9.94. The van der Waals surface area contributed by atoms with Crippen molar-refractivity contribution in [3.63, 3.8) is 0 Å². The van der Waals surface area contributed by atoms with E-state index in [0.29, 0.717) is 18.0 Å². The third-order valence-corrected chi connectivity index (χ3v) is 3.53. The third-order valence-electron chi connectivity index (χ3n) is 3.53. The highest BCUT2D eigenvalue weighted by molar-refractivity contribution is 4.82. The summed E-state index contributed by atoms with van der Waals surface area (Å²) in [5, 5.41) is 12.6. The Hall–Kier alpha value is -0.160. The number of hydrogen-bond donors (Lipinski definition) is 2. The molecule has 0 aromatic rings. The van der Waals surface area contributed by atoms with Gasteiger partial charge in [0.15, 0.2) is 0 Å². The summed E-state index contributed by atoms with van der Waals surface area (Å²) in [6.45, 7) is 11.2. The molecule has 2 unspecified atom stereocenters. The van der Waals surface area contributed by atoms with Crippen LogP contribution in [0.5, 0.6) is 0 Å². The molecule has 0 radical (unpaired) electrons. The minimum absolute atomic E-state index is 0.234. The van der Waals surface area contributed by atoms with Crippen molar-refractivity contribution in [1.82, 2.24) is 10.2 Å². The topological polar surface area (TPSA) is 44.7 Å². The maximum absolute atomic E-state index is 9.10. The molecule has 1 aliphatic rings. The summed E-state index contributed by atoms with van der Waals surface area (Å²) in [6, 6.07) is 1.04. The first-order chi connectivity index (χ1) is 8.19. The molecule has 1 fully saturated rings. The number of nitrogens with zero attached hydrogens (tertiary/aromatic N) is 1. The Kier molecular flexibility index (Phi) is 7.04. The molecule has 2 atom stereocenters. The van der Waals surface area contributed by atoms with Crippen molar-refractivity contribution in [3.05, 3.63) is 0 Å². The first kappa shape index (κ1) is 14.9. The van der Waals surface area contributed by atoms with E-state index in [1.807, 2.05) is 0 Å². The van der Waals surface area contributed by atoms with Crippen LogP contribution in [0.25, 0.3) is 0 Å². The zero-order valence-electron chi connectivity index (χ0n) is 11.5. The van der Waals surface area contributed by atoms with Crippen LogP contribution in [0.3, 0.4) is 0 Å². The Labute approximate surface area is 105 Å².